The van der Waals surface area contributed by atoms with Crippen LogP contribution in [0, 0.1) is 0 Å². The van der Waals surface area contributed by atoms with E-state index in [1.165, 1.54) is 4.90 Å². The summed E-state index contributed by atoms with van der Waals surface area (Å²) >= 11 is 0. The Kier molecular flexibility index (Phi) is 6.19. The molecule has 3 amide bonds. The molecule has 1 saturated heterocycles. The number of H-pyrrole nitrogens is 1. The van der Waals surface area contributed by atoms with Crippen molar-refractivity contribution >= 4 is 22.8 Å². The maximum atomic E-state index is 13.8. The maximum Gasteiger partial charge on any atom is 0.328 e. The van der Waals surface area contributed by atoms with Crippen molar-refractivity contribution < 1.29 is 19.4 Å². The van der Waals surface area contributed by atoms with Gasteiger partial charge >= 0.3 is 6.03 Å². The number of likely N-dealkylation sites (N-methyl/N-ethyl adjacent to an activating group) is 1. The van der Waals surface area contributed by atoms with E-state index in [4.69, 9.17) is 9.84 Å². The van der Waals surface area contributed by atoms with E-state index < -0.39 is 5.54 Å². The van der Waals surface area contributed by atoms with Crippen LogP contribution in [-0.2, 0) is 11.2 Å². The molecule has 35 heavy (non-hydrogen) atoms. The molecule has 2 atom stereocenters. The standard InChI is InChI=1S/C27H34N4O4/c1-27-17-21-20-16-19(35-3)10-11-22(20)28-23(21)24(18-8-5-4-6-9-18)31(27)26(34)30(25(27)33)13-7-12-29(2)14-15-32/h5,8-11,16,24,28,32H,4,6-7,12-15,17H2,1-3H3/t24-,27+/m1/s1. The first kappa shape index (κ1) is 23.6. The van der Waals surface area contributed by atoms with Crippen molar-refractivity contribution in [2.75, 3.05) is 40.4 Å². The zero-order chi connectivity index (χ0) is 24.7. The van der Waals surface area contributed by atoms with E-state index in [0.29, 0.717) is 32.5 Å². The summed E-state index contributed by atoms with van der Waals surface area (Å²) in [5.74, 6) is 0.628. The number of urea groups is 1. The van der Waals surface area contributed by atoms with Gasteiger partial charge in [0.05, 0.1) is 19.8 Å². The number of nitrogens with one attached hydrogen (secondary N) is 1. The van der Waals surface area contributed by atoms with Crippen molar-refractivity contribution in [3.05, 3.63) is 53.3 Å². The van der Waals surface area contributed by atoms with E-state index in [1.807, 2.05) is 42.0 Å². The first-order chi connectivity index (χ1) is 16.9. The number of hydrogen-bond donors (Lipinski definition) is 2. The number of rotatable bonds is 8. The lowest BCUT2D eigenvalue weighted by Gasteiger charge is -2.43. The normalized spacial score (nSPS) is 23.8. The second-order valence-electron chi connectivity index (χ2n) is 9.96. The smallest absolute Gasteiger partial charge is 0.328 e. The summed E-state index contributed by atoms with van der Waals surface area (Å²) in [5.41, 5.74) is 3.13. The summed E-state index contributed by atoms with van der Waals surface area (Å²) in [6.07, 6.45) is 9.44. The lowest BCUT2D eigenvalue weighted by atomic mass is 9.80. The number of benzene rings is 1. The SMILES string of the molecule is COc1ccc2[nH]c3c(c2c1)C[C@@]1(C)C(=O)N(CCCN(C)CCO)C(=O)N1[C@@H]3C1=CCCC=C1. The summed E-state index contributed by atoms with van der Waals surface area (Å²) in [7, 11) is 3.58. The Balaban J connectivity index is 1.55. The lowest BCUT2D eigenvalue weighted by molar-refractivity contribution is -0.133. The summed E-state index contributed by atoms with van der Waals surface area (Å²) in [6.45, 7) is 3.64. The van der Waals surface area contributed by atoms with Crippen LogP contribution in [-0.4, -0.2) is 82.7 Å². The molecule has 1 aromatic heterocycles. The third kappa shape index (κ3) is 3.85. The number of carbonyl (C=O) groups excluding carboxylic acids is 2. The predicted molar refractivity (Wildman–Crippen MR) is 134 cm³/mol. The van der Waals surface area contributed by atoms with Crippen LogP contribution in [0.3, 0.4) is 0 Å². The van der Waals surface area contributed by atoms with Crippen molar-refractivity contribution in [3.8, 4) is 5.75 Å². The lowest BCUT2D eigenvalue weighted by Crippen LogP contribution is -2.53. The quantitative estimate of drug-likeness (QED) is 0.568. The van der Waals surface area contributed by atoms with E-state index in [-0.39, 0.29) is 24.6 Å². The number of nitrogens with zero attached hydrogens (tertiary/aromatic N) is 3. The Morgan fingerprint density at radius 2 is 2.09 bits per heavy atom. The number of amides is 3. The first-order valence-electron chi connectivity index (χ1n) is 12.4. The van der Waals surface area contributed by atoms with Crippen LogP contribution in [0.5, 0.6) is 5.75 Å². The van der Waals surface area contributed by atoms with E-state index >= 15 is 0 Å². The van der Waals surface area contributed by atoms with E-state index in [9.17, 15) is 9.59 Å². The van der Waals surface area contributed by atoms with Gasteiger partial charge in [0.15, 0.2) is 0 Å². The van der Waals surface area contributed by atoms with Crippen LogP contribution >= 0.6 is 0 Å². The number of imide groups is 1. The Labute approximate surface area is 205 Å². The predicted octanol–water partition coefficient (Wildman–Crippen LogP) is 3.39. The van der Waals surface area contributed by atoms with Crippen molar-refractivity contribution in [2.45, 2.75) is 44.2 Å². The molecule has 2 N–H and O–H groups in total. The van der Waals surface area contributed by atoms with Crippen LogP contribution in [0.15, 0.2) is 42.0 Å². The summed E-state index contributed by atoms with van der Waals surface area (Å²) in [5, 5.41) is 10.2. The Bertz CT molecular complexity index is 1220. The van der Waals surface area contributed by atoms with Gasteiger partial charge in [0.2, 0.25) is 0 Å². The van der Waals surface area contributed by atoms with Crippen LogP contribution in [0.1, 0.15) is 43.5 Å². The van der Waals surface area contributed by atoms with E-state index in [0.717, 1.165) is 46.3 Å². The highest BCUT2D eigenvalue weighted by atomic mass is 16.5. The van der Waals surface area contributed by atoms with Crippen LogP contribution in [0.4, 0.5) is 4.79 Å². The molecule has 1 aliphatic carbocycles. The first-order valence-corrected chi connectivity index (χ1v) is 12.4. The summed E-state index contributed by atoms with van der Waals surface area (Å²) in [6, 6.07) is 5.36. The fourth-order valence-electron chi connectivity index (χ4n) is 5.78. The summed E-state index contributed by atoms with van der Waals surface area (Å²) in [4.78, 5) is 36.5. The van der Waals surface area contributed by atoms with Gasteiger partial charge in [-0.15, -0.1) is 0 Å². The maximum absolute atomic E-state index is 13.8. The van der Waals surface area contributed by atoms with Gasteiger partial charge in [-0.05, 0) is 69.1 Å². The van der Waals surface area contributed by atoms with Gasteiger partial charge in [0.1, 0.15) is 11.3 Å². The van der Waals surface area contributed by atoms with Gasteiger partial charge < -0.3 is 19.7 Å². The number of aliphatic hydroxyl groups is 1. The number of aromatic amines is 1. The molecule has 5 rings (SSSR count). The number of aliphatic hydroxyl groups excluding tert-OH is 1. The minimum atomic E-state index is -0.962. The highest BCUT2D eigenvalue weighted by Gasteiger charge is 2.60. The minimum absolute atomic E-state index is 0.0880. The van der Waals surface area contributed by atoms with Crippen LogP contribution in [0.2, 0.25) is 0 Å². The largest absolute Gasteiger partial charge is 0.497 e. The number of carbonyl (C=O) groups is 2. The molecule has 3 aliphatic rings. The highest BCUT2D eigenvalue weighted by molar-refractivity contribution is 6.08. The molecule has 1 aromatic carbocycles. The van der Waals surface area contributed by atoms with Crippen molar-refractivity contribution in [1.29, 1.82) is 0 Å². The second kappa shape index (κ2) is 9.17. The van der Waals surface area contributed by atoms with Gasteiger partial charge in [-0.1, -0.05) is 18.2 Å². The number of aromatic nitrogens is 1. The number of fused-ring (bicyclic) bond motifs is 4. The Morgan fingerprint density at radius 3 is 2.80 bits per heavy atom. The van der Waals surface area contributed by atoms with Crippen molar-refractivity contribution in [3.63, 3.8) is 0 Å². The zero-order valence-corrected chi connectivity index (χ0v) is 20.7. The Hall–Kier alpha value is -3.10. The average Bonchev–Trinajstić information content (AvgIpc) is 3.30. The van der Waals surface area contributed by atoms with Crippen molar-refractivity contribution in [2.24, 2.45) is 0 Å². The molecule has 2 aliphatic heterocycles. The molecule has 0 unspecified atom stereocenters. The molecular weight excluding hydrogens is 444 g/mol. The van der Waals surface area contributed by atoms with Crippen molar-refractivity contribution in [1.82, 2.24) is 19.7 Å². The molecule has 1 fully saturated rings. The van der Waals surface area contributed by atoms with Gasteiger partial charge in [-0.3, -0.25) is 14.6 Å². The molecule has 3 heterocycles. The van der Waals surface area contributed by atoms with Crippen LogP contribution < -0.4 is 4.74 Å². The van der Waals surface area contributed by atoms with E-state index in [2.05, 4.69) is 23.2 Å². The molecule has 2 aromatic rings. The average molecular weight is 479 g/mol. The molecule has 8 nitrogen and oxygen atoms in total. The van der Waals surface area contributed by atoms with Gasteiger partial charge in [-0.2, -0.15) is 0 Å². The molecule has 186 valence electrons. The molecule has 0 bridgehead atoms. The second-order valence-corrected chi connectivity index (χ2v) is 9.96. The number of hydrogen-bond acceptors (Lipinski definition) is 5. The number of methoxy groups -OCH3 is 1. The molecule has 0 radical (unpaired) electrons. The monoisotopic (exact) mass is 478 g/mol. The summed E-state index contributed by atoms with van der Waals surface area (Å²) < 4.78 is 5.48. The molecular formula is C27H34N4O4. The fraction of sp³-hybridized carbons (Fsp3) is 0.481. The van der Waals surface area contributed by atoms with Gasteiger partial charge in [-0.25, -0.2) is 4.79 Å². The third-order valence-electron chi connectivity index (χ3n) is 7.62. The number of allylic oxidation sites excluding steroid dienone is 2. The third-order valence-corrected chi connectivity index (χ3v) is 7.62. The molecule has 0 spiro atoms. The fourth-order valence-corrected chi connectivity index (χ4v) is 5.78. The molecule has 8 heteroatoms. The minimum Gasteiger partial charge on any atom is -0.497 e. The van der Waals surface area contributed by atoms with Crippen LogP contribution in [0.25, 0.3) is 10.9 Å². The zero-order valence-electron chi connectivity index (χ0n) is 20.7. The van der Waals surface area contributed by atoms with Gasteiger partial charge in [0, 0.05) is 36.1 Å². The topological polar surface area (TPSA) is 89.1 Å². The Morgan fingerprint density at radius 1 is 1.26 bits per heavy atom. The molecule has 0 saturated carbocycles. The highest BCUT2D eigenvalue weighted by Crippen LogP contribution is 2.49. The number of ether oxygens (including phenoxy) is 1. The van der Waals surface area contributed by atoms with Gasteiger partial charge in [0.25, 0.3) is 5.91 Å². The van der Waals surface area contributed by atoms with E-state index in [1.54, 1.807) is 7.11 Å².